The van der Waals surface area contributed by atoms with Crippen LogP contribution in [-0.4, -0.2) is 22.2 Å². The fourth-order valence-corrected chi connectivity index (χ4v) is 2.63. The molecule has 4 nitrogen and oxygen atoms in total. The molecule has 0 aromatic carbocycles. The number of aliphatic carboxylic acids is 2. The quantitative estimate of drug-likeness (QED) is 0.511. The van der Waals surface area contributed by atoms with Crippen molar-refractivity contribution in [1.82, 2.24) is 0 Å². The molecule has 0 unspecified atom stereocenters. The van der Waals surface area contributed by atoms with E-state index in [9.17, 15) is 9.59 Å². The van der Waals surface area contributed by atoms with Crippen LogP contribution >= 0.6 is 0 Å². The zero-order chi connectivity index (χ0) is 11.5. The van der Waals surface area contributed by atoms with E-state index in [1.807, 2.05) is 0 Å². The van der Waals surface area contributed by atoms with Crippen LogP contribution in [0, 0.1) is 11.3 Å². The van der Waals surface area contributed by atoms with Gasteiger partial charge in [-0.15, -0.1) is 0 Å². The van der Waals surface area contributed by atoms with Gasteiger partial charge in [-0.25, -0.2) is 0 Å². The summed E-state index contributed by atoms with van der Waals surface area (Å²) >= 11 is 0. The summed E-state index contributed by atoms with van der Waals surface area (Å²) in [5, 5.41) is 18.3. The molecule has 16 heavy (non-hydrogen) atoms. The van der Waals surface area contributed by atoms with Crippen molar-refractivity contribution in [2.24, 2.45) is 11.3 Å². The van der Waals surface area contributed by atoms with Gasteiger partial charge >= 0.3 is 63.3 Å². The van der Waals surface area contributed by atoms with Crippen molar-refractivity contribution in [3.63, 3.8) is 0 Å². The van der Waals surface area contributed by atoms with Gasteiger partial charge in [0.2, 0.25) is 0 Å². The average Bonchev–Trinajstić information content (AvgIpc) is 2.20. The van der Waals surface area contributed by atoms with Gasteiger partial charge in [-0.3, -0.25) is 9.59 Å². The molecule has 1 aliphatic rings. The predicted octanol–water partition coefficient (Wildman–Crippen LogP) is -0.751. The fourth-order valence-electron chi connectivity index (χ4n) is 2.63. The van der Waals surface area contributed by atoms with Crippen LogP contribution in [0.3, 0.4) is 0 Å². The fraction of sp³-hybridized carbons (Fsp3) is 0.818. The number of rotatable bonds is 4. The zero-order valence-corrected chi connectivity index (χ0v) is 13.2. The van der Waals surface area contributed by atoms with Crippen LogP contribution in [0.1, 0.15) is 46.9 Å². The van der Waals surface area contributed by atoms with Crippen molar-refractivity contribution in [2.75, 3.05) is 0 Å². The Kier molecular flexibility index (Phi) is 7.37. The minimum atomic E-state index is -1.56. The van der Waals surface area contributed by atoms with Crippen LogP contribution in [0.15, 0.2) is 0 Å². The first-order valence-electron chi connectivity index (χ1n) is 5.52. The maximum absolute atomic E-state index is 11.2. The number of hydrogen-bond donors (Lipinski definition) is 2. The van der Waals surface area contributed by atoms with E-state index < -0.39 is 17.4 Å². The summed E-state index contributed by atoms with van der Waals surface area (Å²) in [5.41, 5.74) is -1.56. The van der Waals surface area contributed by atoms with Crippen LogP contribution in [0.5, 0.6) is 0 Å². The molecule has 0 aromatic heterocycles. The van der Waals surface area contributed by atoms with Crippen LogP contribution in [0.25, 0.3) is 0 Å². The first kappa shape index (κ1) is 16.6. The van der Waals surface area contributed by atoms with Crippen molar-refractivity contribution in [3.05, 3.63) is 0 Å². The van der Waals surface area contributed by atoms with E-state index in [4.69, 9.17) is 10.2 Å². The monoisotopic (exact) mass is 254 g/mol. The summed E-state index contributed by atoms with van der Waals surface area (Å²) in [6.07, 6.45) is 4.62. The molecule has 0 heterocycles. The SMILES string of the molecule is CCC(C(=O)O)(C(=O)O)C1CCCCC1.[H-].[K+]. The second-order valence-electron chi connectivity index (χ2n) is 4.27. The molecule has 5 heteroatoms. The van der Waals surface area contributed by atoms with Gasteiger partial charge in [0.25, 0.3) is 0 Å². The van der Waals surface area contributed by atoms with E-state index in [0.717, 1.165) is 32.1 Å². The Labute approximate surface area is 140 Å². The van der Waals surface area contributed by atoms with Gasteiger partial charge in [-0.1, -0.05) is 26.2 Å². The van der Waals surface area contributed by atoms with E-state index in [2.05, 4.69) is 0 Å². The summed E-state index contributed by atoms with van der Waals surface area (Å²) in [6, 6.07) is 0. The third-order valence-corrected chi connectivity index (χ3v) is 3.62. The maximum Gasteiger partial charge on any atom is 1.00 e. The summed E-state index contributed by atoms with van der Waals surface area (Å²) in [5.74, 6) is -2.56. The molecule has 0 saturated heterocycles. The summed E-state index contributed by atoms with van der Waals surface area (Å²) < 4.78 is 0. The standard InChI is InChI=1S/C11H18O4.K.H/c1-2-11(9(12)13,10(14)15)8-6-4-3-5-7-8;;/h8H,2-7H2,1H3,(H,12,13)(H,14,15);;/q;+1;-1. The normalized spacial score (nSPS) is 17.6. The van der Waals surface area contributed by atoms with Gasteiger partial charge in [0.05, 0.1) is 0 Å². The molecule has 0 aromatic rings. The Morgan fingerprint density at radius 3 is 1.94 bits per heavy atom. The number of carbonyl (C=O) groups is 2. The Morgan fingerprint density at radius 2 is 1.62 bits per heavy atom. The van der Waals surface area contributed by atoms with E-state index in [1.54, 1.807) is 6.92 Å². The predicted molar refractivity (Wildman–Crippen MR) is 55.7 cm³/mol. The molecular weight excluding hydrogens is 235 g/mol. The van der Waals surface area contributed by atoms with Gasteiger partial charge in [0.15, 0.2) is 5.41 Å². The maximum atomic E-state index is 11.2. The smallest absolute Gasteiger partial charge is 1.00 e. The summed E-state index contributed by atoms with van der Waals surface area (Å²) in [6.45, 7) is 1.65. The van der Waals surface area contributed by atoms with Crippen LogP contribution in [0.2, 0.25) is 0 Å². The molecule has 0 atom stereocenters. The molecule has 1 saturated carbocycles. The molecule has 1 aliphatic carbocycles. The molecular formula is C11H19KO4. The van der Waals surface area contributed by atoms with Crippen LogP contribution in [0.4, 0.5) is 0 Å². The number of carboxylic acids is 2. The molecule has 0 aliphatic heterocycles. The Bertz CT molecular complexity index is 250. The zero-order valence-electron chi connectivity index (χ0n) is 11.0. The van der Waals surface area contributed by atoms with Gasteiger partial charge in [0.1, 0.15) is 0 Å². The molecule has 0 bridgehead atoms. The van der Waals surface area contributed by atoms with E-state index >= 15 is 0 Å². The first-order valence-corrected chi connectivity index (χ1v) is 5.52. The van der Waals surface area contributed by atoms with Crippen molar-refractivity contribution in [3.8, 4) is 0 Å². The van der Waals surface area contributed by atoms with Gasteiger partial charge in [-0.2, -0.15) is 0 Å². The third-order valence-electron chi connectivity index (χ3n) is 3.62. The first-order chi connectivity index (χ1) is 7.05. The molecule has 1 rings (SSSR count). The number of hydrogen-bond acceptors (Lipinski definition) is 2. The van der Waals surface area contributed by atoms with E-state index in [-0.39, 0.29) is 65.1 Å². The Hall–Kier alpha value is 0.576. The van der Waals surface area contributed by atoms with Crippen LogP contribution < -0.4 is 51.4 Å². The minimum Gasteiger partial charge on any atom is -1.00 e. The van der Waals surface area contributed by atoms with Crippen molar-refractivity contribution in [2.45, 2.75) is 45.4 Å². The van der Waals surface area contributed by atoms with Crippen molar-refractivity contribution >= 4 is 11.9 Å². The number of carboxylic acid groups (broad SMARTS) is 2. The second kappa shape index (κ2) is 7.11. The average molecular weight is 254 g/mol. The third kappa shape index (κ3) is 3.07. The molecule has 2 N–H and O–H groups in total. The Balaban J connectivity index is 0. The van der Waals surface area contributed by atoms with Gasteiger partial charge in [-0.05, 0) is 25.2 Å². The largest absolute Gasteiger partial charge is 1.00 e. The molecule has 0 spiro atoms. The van der Waals surface area contributed by atoms with Gasteiger partial charge < -0.3 is 11.6 Å². The van der Waals surface area contributed by atoms with Gasteiger partial charge in [0, 0.05) is 0 Å². The molecule has 0 amide bonds. The second-order valence-corrected chi connectivity index (χ2v) is 4.27. The summed E-state index contributed by atoms with van der Waals surface area (Å²) in [7, 11) is 0. The minimum absolute atomic E-state index is 0. The summed E-state index contributed by atoms with van der Waals surface area (Å²) in [4.78, 5) is 22.4. The van der Waals surface area contributed by atoms with E-state index in [0.29, 0.717) is 0 Å². The molecule has 1 fully saturated rings. The molecule has 0 radical (unpaired) electrons. The molecule has 88 valence electrons. The topological polar surface area (TPSA) is 74.6 Å². The van der Waals surface area contributed by atoms with Crippen molar-refractivity contribution < 1.29 is 72.6 Å². The Morgan fingerprint density at radius 1 is 1.19 bits per heavy atom. The van der Waals surface area contributed by atoms with Crippen LogP contribution in [-0.2, 0) is 9.59 Å². The van der Waals surface area contributed by atoms with E-state index in [1.165, 1.54) is 0 Å². The van der Waals surface area contributed by atoms with Crippen molar-refractivity contribution in [1.29, 1.82) is 0 Å².